The van der Waals surface area contributed by atoms with E-state index >= 15 is 0 Å². The summed E-state index contributed by atoms with van der Waals surface area (Å²) in [7, 11) is -4.45. The van der Waals surface area contributed by atoms with Gasteiger partial charge < -0.3 is 0 Å². The maximum atomic E-state index is 14.0. The van der Waals surface area contributed by atoms with Crippen LogP contribution in [0.3, 0.4) is 0 Å². The summed E-state index contributed by atoms with van der Waals surface area (Å²) in [6.07, 6.45) is -4.16. The van der Waals surface area contributed by atoms with Crippen molar-refractivity contribution in [2.75, 3.05) is 0 Å². The van der Waals surface area contributed by atoms with E-state index in [0.29, 0.717) is 12.8 Å². The molecule has 0 radical (unpaired) electrons. The Morgan fingerprint density at radius 2 is 1.81 bits per heavy atom. The number of sulfonamides is 1. The Kier molecular flexibility index (Phi) is 6.77. The number of amides is 1. The van der Waals surface area contributed by atoms with E-state index in [1.807, 2.05) is 4.72 Å². The molecular formula is C21H17F6N5O3S. The fourth-order valence-corrected chi connectivity index (χ4v) is 4.82. The van der Waals surface area contributed by atoms with Crippen LogP contribution < -0.4 is 4.72 Å². The van der Waals surface area contributed by atoms with E-state index in [1.54, 1.807) is 0 Å². The summed E-state index contributed by atoms with van der Waals surface area (Å²) >= 11 is 0. The van der Waals surface area contributed by atoms with E-state index in [-0.39, 0.29) is 16.8 Å². The predicted molar refractivity (Wildman–Crippen MR) is 111 cm³/mol. The van der Waals surface area contributed by atoms with Gasteiger partial charge in [-0.1, -0.05) is 6.42 Å². The van der Waals surface area contributed by atoms with Gasteiger partial charge in [-0.05, 0) is 36.6 Å². The van der Waals surface area contributed by atoms with E-state index in [9.17, 15) is 39.6 Å². The van der Waals surface area contributed by atoms with Crippen molar-refractivity contribution in [1.82, 2.24) is 24.5 Å². The van der Waals surface area contributed by atoms with Crippen LogP contribution in [-0.4, -0.2) is 34.1 Å². The SMILES string of the molecule is O=C(NS(=O)(=O)c1ccc(F)cc1Cc1cn(-c2cnc(C(F)(F)F)nc2)nc1C(F)F)C1CCC1. The highest BCUT2D eigenvalue weighted by Gasteiger charge is 2.34. The van der Waals surface area contributed by atoms with Crippen molar-refractivity contribution >= 4 is 15.9 Å². The summed E-state index contributed by atoms with van der Waals surface area (Å²) in [5.74, 6) is -3.46. The zero-order valence-corrected chi connectivity index (χ0v) is 19.0. The van der Waals surface area contributed by atoms with Crippen molar-refractivity contribution in [3.63, 3.8) is 0 Å². The number of carbonyl (C=O) groups excluding carboxylic acids is 1. The molecule has 1 aromatic carbocycles. The quantitative estimate of drug-likeness (QED) is 0.461. The van der Waals surface area contributed by atoms with Crippen LogP contribution in [0, 0.1) is 11.7 Å². The minimum absolute atomic E-state index is 0.170. The average molecular weight is 533 g/mol. The number of carbonyl (C=O) groups is 1. The lowest BCUT2D eigenvalue weighted by atomic mass is 9.85. The van der Waals surface area contributed by atoms with Gasteiger partial charge in [-0.2, -0.15) is 18.3 Å². The molecule has 1 fully saturated rings. The first-order chi connectivity index (χ1) is 16.8. The molecule has 4 rings (SSSR count). The molecule has 15 heteroatoms. The zero-order valence-electron chi connectivity index (χ0n) is 18.1. The lowest BCUT2D eigenvalue weighted by molar-refractivity contribution is -0.145. The number of alkyl halides is 5. The highest BCUT2D eigenvalue weighted by atomic mass is 32.2. The molecule has 2 aromatic heterocycles. The third-order valence-electron chi connectivity index (χ3n) is 5.59. The van der Waals surface area contributed by atoms with Crippen LogP contribution in [0.25, 0.3) is 5.69 Å². The van der Waals surface area contributed by atoms with Gasteiger partial charge >= 0.3 is 6.18 Å². The molecule has 36 heavy (non-hydrogen) atoms. The van der Waals surface area contributed by atoms with Gasteiger partial charge in [0.25, 0.3) is 16.4 Å². The molecule has 1 aliphatic rings. The van der Waals surface area contributed by atoms with Crippen LogP contribution in [0.5, 0.6) is 0 Å². The van der Waals surface area contributed by atoms with E-state index in [0.717, 1.165) is 47.9 Å². The van der Waals surface area contributed by atoms with E-state index < -0.39 is 63.1 Å². The molecule has 0 unspecified atom stereocenters. The topological polar surface area (TPSA) is 107 Å². The minimum atomic E-state index is -4.81. The van der Waals surface area contributed by atoms with Crippen LogP contribution in [0.4, 0.5) is 26.3 Å². The normalized spacial score (nSPS) is 14.6. The molecule has 0 aliphatic heterocycles. The Balaban J connectivity index is 1.68. The van der Waals surface area contributed by atoms with Gasteiger partial charge in [0.1, 0.15) is 17.2 Å². The Labute approximate surface area is 200 Å². The first kappa shape index (κ1) is 25.6. The lowest BCUT2D eigenvalue weighted by Gasteiger charge is -2.24. The summed E-state index contributed by atoms with van der Waals surface area (Å²) in [4.78, 5) is 18.0. The van der Waals surface area contributed by atoms with Crippen molar-refractivity contribution in [2.45, 2.75) is 43.2 Å². The average Bonchev–Trinajstić information content (AvgIpc) is 3.15. The summed E-state index contributed by atoms with van der Waals surface area (Å²) in [6, 6.07) is 2.59. The standard InChI is InChI=1S/C21H17F6N5O3S/c22-14-4-5-16(36(34,35)31-19(33)11-2-1-3-11)12(7-14)6-13-10-32(30-17(13)18(23)24)15-8-28-20(29-9-15)21(25,26)27/h4-5,7-11,18H,1-3,6H2,(H,31,33). The van der Waals surface area contributed by atoms with Gasteiger partial charge in [0, 0.05) is 24.1 Å². The molecule has 3 aromatic rings. The summed E-state index contributed by atoms with van der Waals surface area (Å²) in [5.41, 5.74) is -1.43. The fourth-order valence-electron chi connectivity index (χ4n) is 3.56. The molecule has 0 bridgehead atoms. The molecule has 8 nitrogen and oxygen atoms in total. The van der Waals surface area contributed by atoms with Crippen LogP contribution in [0.15, 0.2) is 41.7 Å². The molecule has 0 atom stereocenters. The number of nitrogens with one attached hydrogen (secondary N) is 1. The van der Waals surface area contributed by atoms with Crippen LogP contribution >= 0.6 is 0 Å². The van der Waals surface area contributed by atoms with Gasteiger partial charge in [0.2, 0.25) is 11.7 Å². The zero-order chi connectivity index (χ0) is 26.3. The molecule has 1 N–H and O–H groups in total. The molecule has 1 saturated carbocycles. The second-order valence-electron chi connectivity index (χ2n) is 8.07. The fraction of sp³-hybridized carbons (Fsp3) is 0.333. The minimum Gasteiger partial charge on any atom is -0.274 e. The van der Waals surface area contributed by atoms with Crippen molar-refractivity contribution in [1.29, 1.82) is 0 Å². The van der Waals surface area contributed by atoms with Crippen molar-refractivity contribution < 1.29 is 39.6 Å². The van der Waals surface area contributed by atoms with E-state index in [2.05, 4.69) is 15.1 Å². The maximum absolute atomic E-state index is 14.0. The summed E-state index contributed by atoms with van der Waals surface area (Å²) in [5, 5.41) is 3.66. The lowest BCUT2D eigenvalue weighted by Crippen LogP contribution is -2.38. The monoisotopic (exact) mass is 533 g/mol. The first-order valence-electron chi connectivity index (χ1n) is 10.5. The first-order valence-corrected chi connectivity index (χ1v) is 11.9. The molecular weight excluding hydrogens is 516 g/mol. The Bertz CT molecular complexity index is 1390. The van der Waals surface area contributed by atoms with Gasteiger partial charge in [0.05, 0.1) is 17.3 Å². The smallest absolute Gasteiger partial charge is 0.274 e. The number of hydrogen-bond acceptors (Lipinski definition) is 6. The van der Waals surface area contributed by atoms with Crippen LogP contribution in [-0.2, 0) is 27.4 Å². The molecule has 1 aliphatic carbocycles. The second kappa shape index (κ2) is 9.52. The highest BCUT2D eigenvalue weighted by Crippen LogP contribution is 2.30. The van der Waals surface area contributed by atoms with Gasteiger partial charge in [0.15, 0.2) is 0 Å². The van der Waals surface area contributed by atoms with Gasteiger partial charge in [-0.15, -0.1) is 0 Å². The molecule has 0 spiro atoms. The molecule has 192 valence electrons. The van der Waals surface area contributed by atoms with E-state index in [4.69, 9.17) is 0 Å². The Morgan fingerprint density at radius 1 is 1.14 bits per heavy atom. The van der Waals surface area contributed by atoms with E-state index in [1.165, 1.54) is 0 Å². The summed E-state index contributed by atoms with van der Waals surface area (Å²) in [6.45, 7) is 0. The van der Waals surface area contributed by atoms with Crippen molar-refractivity contribution in [3.8, 4) is 5.69 Å². The number of rotatable bonds is 7. The number of nitrogens with zero attached hydrogens (tertiary/aromatic N) is 4. The third kappa shape index (κ3) is 5.34. The molecule has 1 amide bonds. The largest absolute Gasteiger partial charge is 0.451 e. The predicted octanol–water partition coefficient (Wildman–Crippen LogP) is 3.95. The number of halogens is 6. The Hall–Kier alpha value is -3.49. The number of benzene rings is 1. The number of hydrogen-bond donors (Lipinski definition) is 1. The highest BCUT2D eigenvalue weighted by molar-refractivity contribution is 7.90. The van der Waals surface area contributed by atoms with Crippen molar-refractivity contribution in [2.24, 2.45) is 5.92 Å². The third-order valence-corrected chi connectivity index (χ3v) is 7.04. The van der Waals surface area contributed by atoms with Gasteiger partial charge in [-0.3, -0.25) is 4.79 Å². The maximum Gasteiger partial charge on any atom is 0.451 e. The van der Waals surface area contributed by atoms with Crippen LogP contribution in [0.1, 0.15) is 48.3 Å². The van der Waals surface area contributed by atoms with Gasteiger partial charge in [-0.25, -0.2) is 41.0 Å². The summed E-state index contributed by atoms with van der Waals surface area (Å²) < 4.78 is 108. The molecule has 2 heterocycles. The molecule has 0 saturated heterocycles. The Morgan fingerprint density at radius 3 is 2.36 bits per heavy atom. The van der Waals surface area contributed by atoms with Crippen LogP contribution in [0.2, 0.25) is 0 Å². The second-order valence-corrected chi connectivity index (χ2v) is 9.72. The van der Waals surface area contributed by atoms with Crippen molar-refractivity contribution in [3.05, 3.63) is 65.3 Å². The number of aromatic nitrogens is 4.